The highest BCUT2D eigenvalue weighted by atomic mass is 19.4. The molecule has 0 fully saturated rings. The molecule has 0 radical (unpaired) electrons. The number of imidazole rings is 1. The van der Waals surface area contributed by atoms with Crippen molar-refractivity contribution in [3.63, 3.8) is 0 Å². The molecule has 4 nitrogen and oxygen atoms in total. The number of alkyl halides is 3. The first-order valence-electron chi connectivity index (χ1n) is 5.47. The molecule has 102 valence electrons. The second-order valence-electron chi connectivity index (χ2n) is 4.04. The van der Waals surface area contributed by atoms with E-state index in [4.69, 9.17) is 5.73 Å². The smallest absolute Gasteiger partial charge is 0.406 e. The van der Waals surface area contributed by atoms with Crippen LogP contribution in [-0.4, -0.2) is 15.9 Å². The Hall–Kier alpha value is -2.18. The number of hydrogen-bond donors (Lipinski definition) is 1. The van der Waals surface area contributed by atoms with Crippen molar-refractivity contribution in [1.82, 2.24) is 9.55 Å². The number of hydrogen-bond acceptors (Lipinski definition) is 3. The third kappa shape index (κ3) is 3.40. The van der Waals surface area contributed by atoms with Gasteiger partial charge in [-0.2, -0.15) is 0 Å². The van der Waals surface area contributed by atoms with Crippen molar-refractivity contribution in [2.24, 2.45) is 0 Å². The topological polar surface area (TPSA) is 53.1 Å². The fourth-order valence-electron chi connectivity index (χ4n) is 1.66. The van der Waals surface area contributed by atoms with Crippen LogP contribution in [0, 0.1) is 6.92 Å². The van der Waals surface area contributed by atoms with Gasteiger partial charge in [0.2, 0.25) is 5.95 Å². The number of aryl methyl sites for hydroxylation is 1. The normalized spacial score (nSPS) is 11.6. The fourth-order valence-corrected chi connectivity index (χ4v) is 1.66. The Morgan fingerprint density at radius 2 is 1.89 bits per heavy atom. The SMILES string of the molecule is Cc1cnc(N)n1Cc1ccc(OC(F)(F)F)cc1. The van der Waals surface area contributed by atoms with E-state index in [1.165, 1.54) is 12.1 Å². The largest absolute Gasteiger partial charge is 0.573 e. The minimum absolute atomic E-state index is 0.244. The van der Waals surface area contributed by atoms with Gasteiger partial charge in [-0.1, -0.05) is 12.1 Å². The lowest BCUT2D eigenvalue weighted by molar-refractivity contribution is -0.274. The minimum atomic E-state index is -4.67. The standard InChI is InChI=1S/C12H12F3N3O/c1-8-6-17-11(16)18(8)7-9-2-4-10(5-3-9)19-12(13,14)15/h2-6H,7H2,1H3,(H2,16,17). The number of nitrogen functional groups attached to an aromatic ring is 1. The van der Waals surface area contributed by atoms with E-state index >= 15 is 0 Å². The molecular formula is C12H12F3N3O. The molecule has 19 heavy (non-hydrogen) atoms. The summed E-state index contributed by atoms with van der Waals surface area (Å²) in [6.07, 6.45) is -3.04. The number of nitrogens with zero attached hydrogens (tertiary/aromatic N) is 2. The van der Waals surface area contributed by atoms with Crippen molar-refractivity contribution in [3.05, 3.63) is 41.7 Å². The van der Waals surface area contributed by atoms with Gasteiger partial charge in [-0.3, -0.25) is 0 Å². The molecule has 2 rings (SSSR count). The van der Waals surface area contributed by atoms with Crippen molar-refractivity contribution in [2.75, 3.05) is 5.73 Å². The van der Waals surface area contributed by atoms with Crippen LogP contribution in [0.15, 0.2) is 30.5 Å². The van der Waals surface area contributed by atoms with Gasteiger partial charge in [0, 0.05) is 5.69 Å². The molecule has 1 heterocycles. The van der Waals surface area contributed by atoms with Crippen LogP contribution in [-0.2, 0) is 6.54 Å². The zero-order valence-electron chi connectivity index (χ0n) is 10.1. The van der Waals surface area contributed by atoms with Crippen molar-refractivity contribution in [1.29, 1.82) is 0 Å². The number of benzene rings is 1. The first kappa shape index (κ1) is 13.3. The molecule has 2 aromatic rings. The van der Waals surface area contributed by atoms with E-state index in [2.05, 4.69) is 9.72 Å². The van der Waals surface area contributed by atoms with Crippen LogP contribution in [0.5, 0.6) is 5.75 Å². The lowest BCUT2D eigenvalue weighted by Crippen LogP contribution is -2.17. The van der Waals surface area contributed by atoms with Gasteiger partial charge < -0.3 is 15.0 Å². The number of halogens is 3. The van der Waals surface area contributed by atoms with Crippen molar-refractivity contribution >= 4 is 5.95 Å². The summed E-state index contributed by atoms with van der Waals surface area (Å²) in [5.41, 5.74) is 7.37. The fraction of sp³-hybridized carbons (Fsp3) is 0.250. The molecule has 0 spiro atoms. The van der Waals surface area contributed by atoms with Crippen LogP contribution < -0.4 is 10.5 Å². The van der Waals surface area contributed by atoms with Crippen LogP contribution >= 0.6 is 0 Å². The first-order valence-corrected chi connectivity index (χ1v) is 5.47. The van der Waals surface area contributed by atoms with Crippen LogP contribution in [0.3, 0.4) is 0 Å². The van der Waals surface area contributed by atoms with Crippen molar-refractivity contribution in [2.45, 2.75) is 19.8 Å². The highest BCUT2D eigenvalue weighted by Gasteiger charge is 2.30. The maximum Gasteiger partial charge on any atom is 0.573 e. The molecular weight excluding hydrogens is 259 g/mol. The Balaban J connectivity index is 2.11. The van der Waals surface area contributed by atoms with E-state index < -0.39 is 6.36 Å². The lowest BCUT2D eigenvalue weighted by atomic mass is 10.2. The summed E-state index contributed by atoms with van der Waals surface area (Å²) in [5, 5.41) is 0. The Kier molecular flexibility index (Phi) is 3.37. The maximum absolute atomic E-state index is 12.0. The summed E-state index contributed by atoms with van der Waals surface area (Å²) in [7, 11) is 0. The van der Waals surface area contributed by atoms with Gasteiger partial charge in [0.15, 0.2) is 0 Å². The molecule has 0 aliphatic carbocycles. The Morgan fingerprint density at radius 3 is 2.37 bits per heavy atom. The number of ether oxygens (including phenoxy) is 1. The molecule has 1 aromatic carbocycles. The molecule has 2 N–H and O–H groups in total. The van der Waals surface area contributed by atoms with Gasteiger partial charge in [-0.15, -0.1) is 13.2 Å². The highest BCUT2D eigenvalue weighted by Crippen LogP contribution is 2.23. The molecule has 0 aliphatic rings. The van der Waals surface area contributed by atoms with Crippen LogP contribution in [0.1, 0.15) is 11.3 Å². The van der Waals surface area contributed by atoms with Crippen molar-refractivity contribution < 1.29 is 17.9 Å². The van der Waals surface area contributed by atoms with Gasteiger partial charge in [-0.25, -0.2) is 4.98 Å². The van der Waals surface area contributed by atoms with Crippen LogP contribution in [0.4, 0.5) is 19.1 Å². The van der Waals surface area contributed by atoms with Gasteiger partial charge >= 0.3 is 6.36 Å². The molecule has 0 unspecified atom stereocenters. The summed E-state index contributed by atoms with van der Waals surface area (Å²) in [4.78, 5) is 3.95. The molecule has 0 saturated carbocycles. The monoisotopic (exact) mass is 271 g/mol. The molecule has 0 aliphatic heterocycles. The van der Waals surface area contributed by atoms with Gasteiger partial charge in [0.25, 0.3) is 0 Å². The predicted octanol–water partition coefficient (Wildman–Crippen LogP) is 2.72. The number of aromatic nitrogens is 2. The van der Waals surface area contributed by atoms with E-state index in [0.717, 1.165) is 11.3 Å². The summed E-state index contributed by atoms with van der Waals surface area (Å²) in [6, 6.07) is 5.65. The Morgan fingerprint density at radius 1 is 1.26 bits per heavy atom. The first-order chi connectivity index (χ1) is 8.85. The number of nitrogens with two attached hydrogens (primary N) is 1. The lowest BCUT2D eigenvalue weighted by Gasteiger charge is -2.10. The summed E-state index contributed by atoms with van der Waals surface area (Å²) in [6.45, 7) is 2.30. The number of anilines is 1. The predicted molar refractivity (Wildman–Crippen MR) is 63.6 cm³/mol. The van der Waals surface area contributed by atoms with E-state index in [9.17, 15) is 13.2 Å². The van der Waals surface area contributed by atoms with Gasteiger partial charge in [-0.05, 0) is 24.6 Å². The zero-order valence-corrected chi connectivity index (χ0v) is 10.1. The number of rotatable bonds is 3. The Labute approximate surface area is 107 Å². The third-order valence-electron chi connectivity index (χ3n) is 2.58. The minimum Gasteiger partial charge on any atom is -0.406 e. The van der Waals surface area contributed by atoms with Gasteiger partial charge in [0.1, 0.15) is 5.75 Å². The summed E-state index contributed by atoms with van der Waals surface area (Å²) < 4.78 is 41.6. The van der Waals surface area contributed by atoms with E-state index in [0.29, 0.717) is 12.5 Å². The molecule has 7 heteroatoms. The van der Waals surface area contributed by atoms with E-state index in [1.807, 2.05) is 6.92 Å². The Bertz CT molecular complexity index is 541. The molecule has 1 aromatic heterocycles. The maximum atomic E-state index is 12.0. The third-order valence-corrected chi connectivity index (χ3v) is 2.58. The molecule has 0 atom stereocenters. The van der Waals surface area contributed by atoms with E-state index in [1.54, 1.807) is 22.9 Å². The molecule has 0 saturated heterocycles. The average Bonchev–Trinajstić information content (AvgIpc) is 2.61. The van der Waals surface area contributed by atoms with Crippen molar-refractivity contribution in [3.8, 4) is 5.75 Å². The van der Waals surface area contributed by atoms with E-state index in [-0.39, 0.29) is 5.75 Å². The van der Waals surface area contributed by atoms with Crippen LogP contribution in [0.25, 0.3) is 0 Å². The van der Waals surface area contributed by atoms with Crippen LogP contribution in [0.2, 0.25) is 0 Å². The second kappa shape index (κ2) is 4.83. The molecule has 0 bridgehead atoms. The van der Waals surface area contributed by atoms with Gasteiger partial charge in [0.05, 0.1) is 12.7 Å². The average molecular weight is 271 g/mol. The highest BCUT2D eigenvalue weighted by molar-refractivity contribution is 5.30. The zero-order chi connectivity index (χ0) is 14.0. The summed E-state index contributed by atoms with van der Waals surface area (Å²) in [5.74, 6) is 0.125. The second-order valence-corrected chi connectivity index (χ2v) is 4.04. The quantitative estimate of drug-likeness (QED) is 0.933. The molecule has 0 amide bonds. The summed E-state index contributed by atoms with van der Waals surface area (Å²) >= 11 is 0.